The maximum atomic E-state index is 5.98. The van der Waals surface area contributed by atoms with E-state index in [1.165, 1.54) is 6.42 Å². The van der Waals surface area contributed by atoms with E-state index < -0.39 is 0 Å². The Labute approximate surface area is 91.3 Å². The lowest BCUT2D eigenvalue weighted by Crippen LogP contribution is -2.43. The molecule has 0 amide bonds. The second-order valence-electron chi connectivity index (χ2n) is 4.33. The van der Waals surface area contributed by atoms with Crippen LogP contribution in [0.5, 0.6) is 0 Å². The van der Waals surface area contributed by atoms with E-state index in [4.69, 9.17) is 5.73 Å². The summed E-state index contributed by atoms with van der Waals surface area (Å²) >= 11 is 0. The van der Waals surface area contributed by atoms with Crippen LogP contribution in [0.4, 0.5) is 0 Å². The molecule has 0 radical (unpaired) electrons. The van der Waals surface area contributed by atoms with E-state index in [1.807, 2.05) is 18.3 Å². The molecule has 1 aromatic rings. The van der Waals surface area contributed by atoms with E-state index in [0.717, 1.165) is 25.2 Å². The fourth-order valence-electron chi connectivity index (χ4n) is 2.20. The monoisotopic (exact) mass is 205 g/mol. The number of likely N-dealkylation sites (tertiary alicyclic amines) is 1. The number of nitrogens with two attached hydrogens (primary N) is 1. The Balaban J connectivity index is 2.04. The van der Waals surface area contributed by atoms with Gasteiger partial charge < -0.3 is 5.73 Å². The molecule has 1 aliphatic rings. The molecule has 2 heterocycles. The molecule has 2 rings (SSSR count). The molecule has 0 spiro atoms. The standard InChI is InChI=1S/C12H19N3/c1-10(12-6-2-3-7-14-12)15-8-4-5-11(13)9-15/h2-3,6-7,10-11H,4-5,8-9,13H2,1H3/t10-,11+/m1/s1. The molecule has 0 bridgehead atoms. The molecule has 1 aliphatic heterocycles. The molecule has 15 heavy (non-hydrogen) atoms. The quantitative estimate of drug-likeness (QED) is 0.797. The average Bonchev–Trinajstić information content (AvgIpc) is 2.29. The maximum Gasteiger partial charge on any atom is 0.0572 e. The summed E-state index contributed by atoms with van der Waals surface area (Å²) in [5, 5.41) is 0. The van der Waals surface area contributed by atoms with Crippen molar-refractivity contribution in [2.45, 2.75) is 31.8 Å². The van der Waals surface area contributed by atoms with Gasteiger partial charge in [0.1, 0.15) is 0 Å². The third-order valence-electron chi connectivity index (χ3n) is 3.15. The van der Waals surface area contributed by atoms with Crippen LogP contribution in [0.25, 0.3) is 0 Å². The third-order valence-corrected chi connectivity index (χ3v) is 3.15. The molecule has 1 saturated heterocycles. The van der Waals surface area contributed by atoms with Crippen LogP contribution < -0.4 is 5.73 Å². The minimum atomic E-state index is 0.338. The Kier molecular flexibility index (Phi) is 3.34. The zero-order chi connectivity index (χ0) is 10.7. The number of hydrogen-bond acceptors (Lipinski definition) is 3. The van der Waals surface area contributed by atoms with E-state index in [2.05, 4.69) is 22.9 Å². The minimum Gasteiger partial charge on any atom is -0.327 e. The summed E-state index contributed by atoms with van der Waals surface area (Å²) in [6.07, 6.45) is 4.22. The van der Waals surface area contributed by atoms with Crippen molar-refractivity contribution in [3.63, 3.8) is 0 Å². The van der Waals surface area contributed by atoms with Crippen molar-refractivity contribution >= 4 is 0 Å². The molecule has 2 N–H and O–H groups in total. The predicted octanol–water partition coefficient (Wildman–Crippen LogP) is 1.57. The van der Waals surface area contributed by atoms with Crippen LogP contribution in [0.2, 0.25) is 0 Å². The van der Waals surface area contributed by atoms with E-state index in [-0.39, 0.29) is 0 Å². The van der Waals surface area contributed by atoms with Gasteiger partial charge in [0.25, 0.3) is 0 Å². The Morgan fingerprint density at radius 3 is 3.07 bits per heavy atom. The summed E-state index contributed by atoms with van der Waals surface area (Å²) in [5.41, 5.74) is 7.12. The van der Waals surface area contributed by atoms with Crippen molar-refractivity contribution in [3.05, 3.63) is 30.1 Å². The number of nitrogens with zero attached hydrogens (tertiary/aromatic N) is 2. The van der Waals surface area contributed by atoms with Crippen molar-refractivity contribution in [1.29, 1.82) is 0 Å². The Morgan fingerprint density at radius 1 is 1.53 bits per heavy atom. The molecule has 0 saturated carbocycles. The van der Waals surface area contributed by atoms with Crippen molar-refractivity contribution in [3.8, 4) is 0 Å². The first kappa shape index (κ1) is 10.6. The highest BCUT2D eigenvalue weighted by molar-refractivity contribution is 5.08. The molecule has 3 nitrogen and oxygen atoms in total. The van der Waals surface area contributed by atoms with Crippen LogP contribution >= 0.6 is 0 Å². The first-order chi connectivity index (χ1) is 7.27. The lowest BCUT2D eigenvalue weighted by molar-refractivity contribution is 0.157. The molecule has 1 fully saturated rings. The summed E-state index contributed by atoms with van der Waals surface area (Å²) < 4.78 is 0. The van der Waals surface area contributed by atoms with Crippen LogP contribution in [0.1, 0.15) is 31.5 Å². The maximum absolute atomic E-state index is 5.98. The van der Waals surface area contributed by atoms with Gasteiger partial charge in [-0.2, -0.15) is 0 Å². The number of aromatic nitrogens is 1. The van der Waals surface area contributed by atoms with Gasteiger partial charge in [-0.25, -0.2) is 0 Å². The van der Waals surface area contributed by atoms with Gasteiger partial charge in [-0.15, -0.1) is 0 Å². The van der Waals surface area contributed by atoms with Crippen LogP contribution in [-0.2, 0) is 0 Å². The summed E-state index contributed by atoms with van der Waals surface area (Å²) in [6.45, 7) is 4.35. The summed E-state index contributed by atoms with van der Waals surface area (Å²) in [6, 6.07) is 6.81. The van der Waals surface area contributed by atoms with E-state index in [0.29, 0.717) is 12.1 Å². The van der Waals surface area contributed by atoms with Crippen LogP contribution in [0.3, 0.4) is 0 Å². The fraction of sp³-hybridized carbons (Fsp3) is 0.583. The van der Waals surface area contributed by atoms with Gasteiger partial charge in [-0.1, -0.05) is 6.07 Å². The molecular weight excluding hydrogens is 186 g/mol. The topological polar surface area (TPSA) is 42.2 Å². The van der Waals surface area contributed by atoms with Crippen molar-refractivity contribution in [2.75, 3.05) is 13.1 Å². The summed E-state index contributed by atoms with van der Waals surface area (Å²) in [7, 11) is 0. The minimum absolute atomic E-state index is 0.338. The van der Waals surface area contributed by atoms with Gasteiger partial charge in [0, 0.05) is 24.8 Å². The molecular formula is C12H19N3. The Hall–Kier alpha value is -0.930. The van der Waals surface area contributed by atoms with Gasteiger partial charge in [-0.05, 0) is 38.4 Å². The number of piperidine rings is 1. The van der Waals surface area contributed by atoms with Crippen molar-refractivity contribution in [1.82, 2.24) is 9.88 Å². The number of pyridine rings is 1. The lowest BCUT2D eigenvalue weighted by atomic mass is 10.0. The molecule has 0 aromatic carbocycles. The van der Waals surface area contributed by atoms with Gasteiger partial charge in [0.15, 0.2) is 0 Å². The fourth-order valence-corrected chi connectivity index (χ4v) is 2.20. The van der Waals surface area contributed by atoms with Gasteiger partial charge >= 0.3 is 0 Å². The highest BCUT2D eigenvalue weighted by Gasteiger charge is 2.22. The SMILES string of the molecule is C[C@H](c1ccccn1)N1CCC[C@H](N)C1. The molecule has 1 aromatic heterocycles. The van der Waals surface area contributed by atoms with Crippen LogP contribution in [-0.4, -0.2) is 29.0 Å². The first-order valence-electron chi connectivity index (χ1n) is 5.68. The van der Waals surface area contributed by atoms with E-state index in [9.17, 15) is 0 Å². The van der Waals surface area contributed by atoms with Gasteiger partial charge in [0.2, 0.25) is 0 Å². The second-order valence-corrected chi connectivity index (χ2v) is 4.33. The molecule has 3 heteroatoms. The molecule has 2 atom stereocenters. The smallest absolute Gasteiger partial charge is 0.0572 e. The highest BCUT2D eigenvalue weighted by atomic mass is 15.2. The Morgan fingerprint density at radius 2 is 2.40 bits per heavy atom. The summed E-state index contributed by atoms with van der Waals surface area (Å²) in [4.78, 5) is 6.82. The average molecular weight is 205 g/mol. The van der Waals surface area contributed by atoms with Crippen LogP contribution in [0, 0.1) is 0 Å². The zero-order valence-corrected chi connectivity index (χ0v) is 9.26. The molecule has 82 valence electrons. The first-order valence-corrected chi connectivity index (χ1v) is 5.68. The summed E-state index contributed by atoms with van der Waals surface area (Å²) in [5.74, 6) is 0. The molecule has 0 aliphatic carbocycles. The highest BCUT2D eigenvalue weighted by Crippen LogP contribution is 2.21. The Bertz CT molecular complexity index is 299. The van der Waals surface area contributed by atoms with Gasteiger partial charge in [-0.3, -0.25) is 9.88 Å². The third kappa shape index (κ3) is 2.55. The van der Waals surface area contributed by atoms with Crippen molar-refractivity contribution < 1.29 is 0 Å². The van der Waals surface area contributed by atoms with Crippen molar-refractivity contribution in [2.24, 2.45) is 5.73 Å². The molecule has 0 unspecified atom stereocenters. The largest absolute Gasteiger partial charge is 0.327 e. The van der Waals surface area contributed by atoms with Crippen LogP contribution in [0.15, 0.2) is 24.4 Å². The van der Waals surface area contributed by atoms with E-state index in [1.54, 1.807) is 0 Å². The number of hydrogen-bond donors (Lipinski definition) is 1. The lowest BCUT2D eigenvalue weighted by Gasteiger charge is -2.35. The van der Waals surface area contributed by atoms with Gasteiger partial charge in [0.05, 0.1) is 5.69 Å². The number of rotatable bonds is 2. The predicted molar refractivity (Wildman–Crippen MR) is 61.4 cm³/mol. The van der Waals surface area contributed by atoms with E-state index >= 15 is 0 Å². The second kappa shape index (κ2) is 4.73. The normalized spacial score (nSPS) is 25.1. The zero-order valence-electron chi connectivity index (χ0n) is 9.26.